The third-order valence-electron chi connectivity index (χ3n) is 5.16. The number of aromatic nitrogens is 1. The van der Waals surface area contributed by atoms with Gasteiger partial charge in [0.2, 0.25) is 11.0 Å². The van der Waals surface area contributed by atoms with Crippen LogP contribution >= 0.6 is 34.2 Å². The van der Waals surface area contributed by atoms with Gasteiger partial charge < -0.3 is 5.32 Å². The molecule has 0 unspecified atom stereocenters. The van der Waals surface area contributed by atoms with Gasteiger partial charge in [0.15, 0.2) is 0 Å². The van der Waals surface area contributed by atoms with Crippen molar-refractivity contribution in [2.75, 3.05) is 5.75 Å². The number of unbranched alkanes of at least 4 members (excludes halogenated alkanes) is 12. The van der Waals surface area contributed by atoms with Gasteiger partial charge in [-0.3, -0.25) is 9.59 Å². The van der Waals surface area contributed by atoms with E-state index >= 15 is 0 Å². The van der Waals surface area contributed by atoms with E-state index in [0.29, 0.717) is 12.2 Å². The van der Waals surface area contributed by atoms with E-state index in [1.807, 2.05) is 18.2 Å². The fourth-order valence-electron chi connectivity index (χ4n) is 3.29. The number of thiol groups is 1. The summed E-state index contributed by atoms with van der Waals surface area (Å²) in [6.07, 6.45) is 18.9. The maximum Gasteiger partial charge on any atom is 0.222 e. The lowest BCUT2D eigenvalue weighted by molar-refractivity contribution is -0.124. The van der Waals surface area contributed by atoms with Gasteiger partial charge in [-0.2, -0.15) is 12.6 Å². The Balaban J connectivity index is 2.00. The van der Waals surface area contributed by atoms with Gasteiger partial charge in [0, 0.05) is 18.4 Å². The smallest absolute Gasteiger partial charge is 0.222 e. The third kappa shape index (κ3) is 15.7. The van der Waals surface area contributed by atoms with Crippen LogP contribution in [-0.2, 0) is 9.59 Å². The van der Waals surface area contributed by atoms with Crippen LogP contribution in [0.1, 0.15) is 96.8 Å². The van der Waals surface area contributed by atoms with Crippen molar-refractivity contribution in [1.29, 1.82) is 0 Å². The molecule has 1 rings (SSSR count). The summed E-state index contributed by atoms with van der Waals surface area (Å²) in [5.41, 5.74) is 0. The predicted octanol–water partition coefficient (Wildman–Crippen LogP) is 7.24. The molecule has 0 bridgehead atoms. The zero-order valence-electron chi connectivity index (χ0n) is 19.0. The quantitative estimate of drug-likeness (QED) is 0.123. The number of nitrogens with zero attached hydrogens (tertiary/aromatic N) is 1. The first-order valence-electron chi connectivity index (χ1n) is 11.9. The van der Waals surface area contributed by atoms with E-state index in [0.717, 1.165) is 28.7 Å². The summed E-state index contributed by atoms with van der Waals surface area (Å²) in [6.45, 7) is 2.26. The molecule has 0 spiro atoms. The Bertz CT molecular complexity index is 587. The largest absolute Gasteiger partial charge is 0.344 e. The average Bonchev–Trinajstić information content (AvgIpc) is 2.79. The zero-order valence-corrected chi connectivity index (χ0v) is 21.5. The molecular formula is C24H40N2O2S3. The summed E-state index contributed by atoms with van der Waals surface area (Å²) in [4.78, 5) is 28.7. The molecule has 31 heavy (non-hydrogen) atoms. The third-order valence-corrected chi connectivity index (χ3v) is 7.72. The highest BCUT2D eigenvalue weighted by Gasteiger charge is 2.20. The summed E-state index contributed by atoms with van der Waals surface area (Å²) < 4.78 is 0. The van der Waals surface area contributed by atoms with Crippen molar-refractivity contribution in [3.8, 4) is 0 Å². The first-order chi connectivity index (χ1) is 15.2. The van der Waals surface area contributed by atoms with Gasteiger partial charge in [-0.1, -0.05) is 90.0 Å². The Morgan fingerprint density at radius 3 is 2.03 bits per heavy atom. The van der Waals surface area contributed by atoms with E-state index < -0.39 is 6.04 Å². The second-order valence-corrected chi connectivity index (χ2v) is 10.5. The Hall–Kier alpha value is -0.660. The molecular weight excluding hydrogens is 444 g/mol. The van der Waals surface area contributed by atoms with Gasteiger partial charge in [0.05, 0.1) is 0 Å². The number of amides is 1. The molecule has 0 saturated carbocycles. The van der Waals surface area contributed by atoms with Crippen LogP contribution in [0.2, 0.25) is 0 Å². The second kappa shape index (κ2) is 20.0. The predicted molar refractivity (Wildman–Crippen MR) is 139 cm³/mol. The van der Waals surface area contributed by atoms with E-state index in [-0.39, 0.29) is 11.0 Å². The average molecular weight is 485 g/mol. The van der Waals surface area contributed by atoms with Crippen LogP contribution in [0.15, 0.2) is 29.4 Å². The molecule has 176 valence electrons. The number of hydrogen-bond donors (Lipinski definition) is 2. The Morgan fingerprint density at radius 2 is 1.52 bits per heavy atom. The van der Waals surface area contributed by atoms with Crippen molar-refractivity contribution in [2.24, 2.45) is 0 Å². The highest BCUT2D eigenvalue weighted by molar-refractivity contribution is 8.82. The second-order valence-electron chi connectivity index (χ2n) is 7.95. The fourth-order valence-corrected chi connectivity index (χ4v) is 5.48. The van der Waals surface area contributed by atoms with Crippen molar-refractivity contribution in [2.45, 2.75) is 108 Å². The highest BCUT2D eigenvalue weighted by Crippen LogP contribution is 2.30. The van der Waals surface area contributed by atoms with Crippen LogP contribution in [0.4, 0.5) is 0 Å². The molecule has 1 N–H and O–H groups in total. The molecule has 0 aliphatic heterocycles. The molecule has 0 aromatic carbocycles. The topological polar surface area (TPSA) is 59.1 Å². The van der Waals surface area contributed by atoms with E-state index in [2.05, 4.69) is 29.9 Å². The zero-order chi connectivity index (χ0) is 22.6. The van der Waals surface area contributed by atoms with Crippen molar-refractivity contribution < 1.29 is 9.59 Å². The van der Waals surface area contributed by atoms with Crippen molar-refractivity contribution >= 4 is 45.2 Å². The van der Waals surface area contributed by atoms with E-state index in [1.54, 1.807) is 6.20 Å². The number of nitrogens with one attached hydrogen (secondary N) is 1. The van der Waals surface area contributed by atoms with Crippen LogP contribution in [0.25, 0.3) is 0 Å². The molecule has 1 aromatic rings. The van der Waals surface area contributed by atoms with Gasteiger partial charge >= 0.3 is 0 Å². The van der Waals surface area contributed by atoms with Gasteiger partial charge in [0.1, 0.15) is 11.1 Å². The molecule has 7 heteroatoms. The first-order valence-corrected chi connectivity index (χ1v) is 14.6. The molecule has 1 atom stereocenters. The van der Waals surface area contributed by atoms with E-state index in [4.69, 9.17) is 0 Å². The van der Waals surface area contributed by atoms with Gasteiger partial charge in [-0.25, -0.2) is 4.98 Å². The minimum Gasteiger partial charge on any atom is -0.344 e. The van der Waals surface area contributed by atoms with Crippen LogP contribution in [0.5, 0.6) is 0 Å². The number of pyridine rings is 1. The Morgan fingerprint density at radius 1 is 0.935 bits per heavy atom. The standard InChI is InChI=1S/C24H40N2O2S3/c1-2-3-4-5-6-7-8-9-10-11-12-13-14-17-22(27)26-21(20-29)24(28)31-30-23-18-15-16-19-25-23/h15-16,18-19,21,29H,2-14,17,20H2,1H3,(H,26,27)/t21-/m0/s1. The van der Waals surface area contributed by atoms with Crippen molar-refractivity contribution in [3.63, 3.8) is 0 Å². The molecule has 0 aliphatic rings. The van der Waals surface area contributed by atoms with Crippen LogP contribution in [-0.4, -0.2) is 27.8 Å². The molecule has 4 nitrogen and oxygen atoms in total. The number of hydrogen-bond acceptors (Lipinski definition) is 6. The van der Waals surface area contributed by atoms with Crippen LogP contribution in [0.3, 0.4) is 0 Å². The molecule has 1 heterocycles. The lowest BCUT2D eigenvalue weighted by atomic mass is 10.0. The first kappa shape index (κ1) is 28.4. The summed E-state index contributed by atoms with van der Waals surface area (Å²) in [6, 6.07) is 5.02. The normalized spacial score (nSPS) is 11.9. The Kier molecular flexibility index (Phi) is 18.3. The lowest BCUT2D eigenvalue weighted by Crippen LogP contribution is -2.40. The van der Waals surface area contributed by atoms with Crippen molar-refractivity contribution in [3.05, 3.63) is 24.4 Å². The minimum atomic E-state index is -0.556. The molecule has 0 radical (unpaired) electrons. The summed E-state index contributed by atoms with van der Waals surface area (Å²) in [7, 11) is 2.41. The summed E-state index contributed by atoms with van der Waals surface area (Å²) in [5, 5.41) is 3.51. The number of carbonyl (C=O) groups excluding carboxylic acids is 2. The van der Waals surface area contributed by atoms with Crippen LogP contribution < -0.4 is 5.32 Å². The van der Waals surface area contributed by atoms with Gasteiger partial charge in [0.25, 0.3) is 0 Å². The van der Waals surface area contributed by atoms with E-state index in [9.17, 15) is 9.59 Å². The van der Waals surface area contributed by atoms with Gasteiger partial charge in [-0.15, -0.1) is 0 Å². The Labute approximate surface area is 202 Å². The fraction of sp³-hybridized carbons (Fsp3) is 0.708. The van der Waals surface area contributed by atoms with Crippen molar-refractivity contribution in [1.82, 2.24) is 10.3 Å². The highest BCUT2D eigenvalue weighted by atomic mass is 33.1. The lowest BCUT2D eigenvalue weighted by Gasteiger charge is -2.14. The molecule has 1 amide bonds. The number of rotatable bonds is 19. The molecule has 0 aliphatic carbocycles. The maximum absolute atomic E-state index is 12.3. The molecule has 0 fully saturated rings. The molecule has 1 aromatic heterocycles. The van der Waals surface area contributed by atoms with Gasteiger partial charge in [-0.05, 0) is 40.1 Å². The van der Waals surface area contributed by atoms with E-state index in [1.165, 1.54) is 81.4 Å². The SMILES string of the molecule is CCCCCCCCCCCCCCCC(=O)N[C@@H](CS)C(=O)SSc1ccccn1. The van der Waals surface area contributed by atoms with Crippen LogP contribution in [0, 0.1) is 0 Å². The summed E-state index contributed by atoms with van der Waals surface area (Å²) >= 11 is 4.23. The molecule has 0 saturated heterocycles. The number of carbonyl (C=O) groups is 2. The maximum atomic E-state index is 12.3. The minimum absolute atomic E-state index is 0.0566. The monoisotopic (exact) mass is 484 g/mol. The summed E-state index contributed by atoms with van der Waals surface area (Å²) in [5.74, 6) is 0.248.